The van der Waals surface area contributed by atoms with Crippen LogP contribution < -0.4 is 15.3 Å². The summed E-state index contributed by atoms with van der Waals surface area (Å²) < 4.78 is 0. The molecule has 0 radical (unpaired) electrons. The molecule has 2 amide bonds. The van der Waals surface area contributed by atoms with Crippen LogP contribution in [0.25, 0.3) is 0 Å². The molecule has 7 heteroatoms. The molecule has 1 atom stereocenters. The van der Waals surface area contributed by atoms with E-state index >= 15 is 0 Å². The van der Waals surface area contributed by atoms with Crippen molar-refractivity contribution < 1.29 is 14.7 Å². The first-order chi connectivity index (χ1) is 14.5. The van der Waals surface area contributed by atoms with Crippen molar-refractivity contribution in [3.05, 3.63) is 101 Å². The molecule has 0 aliphatic carbocycles. The summed E-state index contributed by atoms with van der Waals surface area (Å²) in [5.74, 6) is -0.355. The van der Waals surface area contributed by atoms with Gasteiger partial charge in [0.1, 0.15) is 18.8 Å². The van der Waals surface area contributed by atoms with E-state index in [0.29, 0.717) is 27.5 Å². The summed E-state index contributed by atoms with van der Waals surface area (Å²) in [4.78, 5) is 30.6. The van der Waals surface area contributed by atoms with Crippen molar-refractivity contribution in [2.75, 3.05) is 11.4 Å². The van der Waals surface area contributed by atoms with Gasteiger partial charge >= 0.3 is 0 Å². The second kappa shape index (κ2) is 8.39. The summed E-state index contributed by atoms with van der Waals surface area (Å²) in [6, 6.07) is 23.4. The van der Waals surface area contributed by atoms with Gasteiger partial charge in [-0.25, -0.2) is 0 Å². The summed E-state index contributed by atoms with van der Waals surface area (Å²) in [6.45, 7) is -0.144. The molecule has 0 aromatic heterocycles. The molecule has 1 heterocycles. The van der Waals surface area contributed by atoms with Crippen molar-refractivity contribution >= 4 is 35.0 Å². The molecule has 1 unspecified atom stereocenters. The Balaban J connectivity index is 1.90. The maximum atomic E-state index is 13.2. The number of hydrogen-bond acceptors (Lipinski definition) is 4. The minimum absolute atomic E-state index is 0.144. The second-order valence-electron chi connectivity index (χ2n) is 6.70. The lowest BCUT2D eigenvalue weighted by Gasteiger charge is -2.33. The van der Waals surface area contributed by atoms with Crippen LogP contribution in [0.15, 0.2) is 83.9 Å². The SMILES string of the molecule is O=C([O-])NC(c1ccccc1)N1C(=O)CN=C(c2ccccc2)c2cc(Cl)ccc21. The van der Waals surface area contributed by atoms with E-state index in [-0.39, 0.29) is 12.5 Å². The van der Waals surface area contributed by atoms with Crippen LogP contribution in [0.5, 0.6) is 0 Å². The molecule has 3 aromatic rings. The van der Waals surface area contributed by atoms with E-state index < -0.39 is 12.3 Å². The Kier molecular flexibility index (Phi) is 5.50. The summed E-state index contributed by atoms with van der Waals surface area (Å²) in [5, 5.41) is 14.3. The summed E-state index contributed by atoms with van der Waals surface area (Å²) in [5.41, 5.74) is 3.19. The predicted octanol–water partition coefficient (Wildman–Crippen LogP) is 3.16. The van der Waals surface area contributed by atoms with Gasteiger partial charge in [-0.15, -0.1) is 0 Å². The number of amides is 2. The third kappa shape index (κ3) is 3.90. The lowest BCUT2D eigenvalue weighted by atomic mass is 9.99. The van der Waals surface area contributed by atoms with Crippen LogP contribution in [0.1, 0.15) is 22.9 Å². The van der Waals surface area contributed by atoms with Crippen LogP contribution in [0.3, 0.4) is 0 Å². The number of hydrogen-bond donors (Lipinski definition) is 1. The van der Waals surface area contributed by atoms with Crippen LogP contribution >= 0.6 is 11.6 Å². The van der Waals surface area contributed by atoms with Crippen molar-refractivity contribution in [3.8, 4) is 0 Å². The molecular formula is C23H17ClN3O3-. The standard InChI is InChI=1S/C23H18ClN3O3/c24-17-11-12-19-18(13-17)21(15-7-3-1-4-8-15)25-14-20(28)27(19)22(26-23(29)30)16-9-5-2-6-10-16/h1-13,22,26H,14H2,(H,29,30)/p-1. The number of nitrogens with one attached hydrogen (secondary N) is 1. The Morgan fingerprint density at radius 1 is 1.03 bits per heavy atom. The Hall–Kier alpha value is -3.64. The minimum Gasteiger partial charge on any atom is -0.530 e. The highest BCUT2D eigenvalue weighted by atomic mass is 35.5. The van der Waals surface area contributed by atoms with Crippen LogP contribution in [0.2, 0.25) is 5.02 Å². The number of benzodiazepines with no additional fused rings is 1. The van der Waals surface area contributed by atoms with E-state index in [0.717, 1.165) is 5.56 Å². The van der Waals surface area contributed by atoms with Gasteiger partial charge in [0.15, 0.2) is 0 Å². The number of halogens is 1. The highest BCUT2D eigenvalue weighted by Gasteiger charge is 2.32. The van der Waals surface area contributed by atoms with Gasteiger partial charge < -0.3 is 15.2 Å². The third-order valence-electron chi connectivity index (χ3n) is 4.79. The fraction of sp³-hybridized carbons (Fsp3) is 0.0870. The van der Waals surface area contributed by atoms with E-state index in [1.165, 1.54) is 4.90 Å². The van der Waals surface area contributed by atoms with Crippen LogP contribution in [-0.4, -0.2) is 24.3 Å². The number of carbonyl (C=O) groups is 2. The number of anilines is 1. The van der Waals surface area contributed by atoms with Crippen LogP contribution in [0.4, 0.5) is 10.5 Å². The van der Waals surface area contributed by atoms with Gasteiger partial charge in [-0.05, 0) is 23.8 Å². The average Bonchev–Trinajstić information content (AvgIpc) is 2.89. The molecule has 150 valence electrons. The van der Waals surface area contributed by atoms with Crippen LogP contribution in [-0.2, 0) is 4.79 Å². The van der Waals surface area contributed by atoms with Crippen molar-refractivity contribution in [3.63, 3.8) is 0 Å². The van der Waals surface area contributed by atoms with E-state index in [2.05, 4.69) is 10.3 Å². The van der Waals surface area contributed by atoms with Crippen molar-refractivity contribution in [2.24, 2.45) is 4.99 Å². The van der Waals surface area contributed by atoms with E-state index in [4.69, 9.17) is 11.6 Å². The van der Waals surface area contributed by atoms with Crippen molar-refractivity contribution in [1.82, 2.24) is 5.32 Å². The molecule has 1 N–H and O–H groups in total. The Labute approximate surface area is 178 Å². The van der Waals surface area contributed by atoms with Crippen molar-refractivity contribution in [1.29, 1.82) is 0 Å². The van der Waals surface area contributed by atoms with Crippen LogP contribution in [0, 0.1) is 0 Å². The molecule has 1 aliphatic rings. The molecule has 3 aromatic carbocycles. The molecule has 30 heavy (non-hydrogen) atoms. The number of carboxylic acid groups (broad SMARTS) is 1. The van der Waals surface area contributed by atoms with Gasteiger partial charge in [0.25, 0.3) is 5.91 Å². The predicted molar refractivity (Wildman–Crippen MR) is 114 cm³/mol. The Morgan fingerprint density at radius 3 is 2.37 bits per heavy atom. The molecule has 0 fully saturated rings. The molecule has 4 rings (SSSR count). The van der Waals surface area contributed by atoms with E-state index in [1.807, 2.05) is 36.4 Å². The van der Waals surface area contributed by atoms with Gasteiger partial charge in [0.05, 0.1) is 11.4 Å². The normalized spacial score (nSPS) is 14.4. The molecule has 6 nitrogen and oxygen atoms in total. The summed E-state index contributed by atoms with van der Waals surface area (Å²) in [6.07, 6.45) is -2.46. The monoisotopic (exact) mass is 418 g/mol. The molecule has 0 bridgehead atoms. The van der Waals surface area contributed by atoms with E-state index in [1.54, 1.807) is 42.5 Å². The number of carbonyl (C=O) groups excluding carboxylic acids is 2. The number of fused-ring (bicyclic) bond motifs is 1. The van der Waals surface area contributed by atoms with Gasteiger partial charge in [0, 0.05) is 16.1 Å². The smallest absolute Gasteiger partial charge is 0.250 e. The molecule has 0 spiro atoms. The minimum atomic E-state index is -1.49. The number of aliphatic imine (C=N–C) groups is 1. The highest BCUT2D eigenvalue weighted by Crippen LogP contribution is 2.34. The maximum absolute atomic E-state index is 13.2. The first-order valence-corrected chi connectivity index (χ1v) is 9.66. The average molecular weight is 419 g/mol. The largest absolute Gasteiger partial charge is 0.530 e. The van der Waals surface area contributed by atoms with Crippen molar-refractivity contribution in [2.45, 2.75) is 6.17 Å². The summed E-state index contributed by atoms with van der Waals surface area (Å²) in [7, 11) is 0. The maximum Gasteiger partial charge on any atom is 0.250 e. The highest BCUT2D eigenvalue weighted by molar-refractivity contribution is 6.32. The fourth-order valence-electron chi connectivity index (χ4n) is 3.52. The number of rotatable bonds is 4. The van der Waals surface area contributed by atoms with Gasteiger partial charge in [-0.3, -0.25) is 14.7 Å². The first kappa shape index (κ1) is 19.7. The quantitative estimate of drug-likeness (QED) is 0.706. The lowest BCUT2D eigenvalue weighted by Crippen LogP contribution is -2.49. The zero-order valence-electron chi connectivity index (χ0n) is 15.8. The van der Waals surface area contributed by atoms with E-state index in [9.17, 15) is 14.7 Å². The zero-order chi connectivity index (χ0) is 21.1. The molecule has 1 aliphatic heterocycles. The molecule has 0 saturated carbocycles. The molecule has 0 saturated heterocycles. The fourth-order valence-corrected chi connectivity index (χ4v) is 3.69. The second-order valence-corrected chi connectivity index (χ2v) is 7.14. The summed E-state index contributed by atoms with van der Waals surface area (Å²) >= 11 is 6.27. The van der Waals surface area contributed by atoms with Gasteiger partial charge in [-0.2, -0.15) is 0 Å². The Bertz CT molecular complexity index is 1120. The third-order valence-corrected chi connectivity index (χ3v) is 5.02. The first-order valence-electron chi connectivity index (χ1n) is 9.29. The molecular weight excluding hydrogens is 402 g/mol. The Morgan fingerprint density at radius 2 is 1.70 bits per heavy atom. The lowest BCUT2D eigenvalue weighted by molar-refractivity contribution is -0.251. The topological polar surface area (TPSA) is 84.8 Å². The number of nitrogens with zero attached hydrogens (tertiary/aromatic N) is 2. The number of benzene rings is 3. The van der Waals surface area contributed by atoms with Gasteiger partial charge in [0.2, 0.25) is 0 Å². The van der Waals surface area contributed by atoms with Gasteiger partial charge in [-0.1, -0.05) is 72.3 Å². The zero-order valence-corrected chi connectivity index (χ0v) is 16.5.